The van der Waals surface area contributed by atoms with E-state index in [2.05, 4.69) is 94.2 Å². The number of allylic oxidation sites excluding steroid dienone is 5. The predicted octanol–water partition coefficient (Wildman–Crippen LogP) is 11.7. The number of hydrogen-bond acceptors (Lipinski definition) is 0. The molecule has 0 heteroatoms. The zero-order valence-electron chi connectivity index (χ0n) is 24.4. The minimum atomic E-state index is 0.615. The van der Waals surface area contributed by atoms with E-state index in [0.717, 1.165) is 18.3 Å². The molecule has 0 bridgehead atoms. The summed E-state index contributed by atoms with van der Waals surface area (Å²) >= 11 is 0. The highest BCUT2D eigenvalue weighted by molar-refractivity contribution is 5.34. The van der Waals surface area contributed by atoms with Crippen LogP contribution in [-0.2, 0) is 0 Å². The van der Waals surface area contributed by atoms with Crippen molar-refractivity contribution in [1.29, 1.82) is 0 Å². The Bertz CT molecular complexity index is 484. The van der Waals surface area contributed by atoms with Crippen LogP contribution in [0.25, 0.3) is 0 Å². The smallest absolute Gasteiger partial charge is 0.00670 e. The molecule has 0 aromatic heterocycles. The van der Waals surface area contributed by atoms with Gasteiger partial charge in [-0.2, -0.15) is 0 Å². The average molecular weight is 447 g/mol. The van der Waals surface area contributed by atoms with E-state index in [4.69, 9.17) is 0 Å². The van der Waals surface area contributed by atoms with Gasteiger partial charge < -0.3 is 0 Å². The van der Waals surface area contributed by atoms with Gasteiger partial charge in [-0.1, -0.05) is 145 Å². The van der Waals surface area contributed by atoms with Crippen molar-refractivity contribution in [2.75, 3.05) is 0 Å². The number of hydrogen-bond donors (Lipinski definition) is 0. The van der Waals surface area contributed by atoms with Crippen molar-refractivity contribution in [3.8, 4) is 0 Å². The van der Waals surface area contributed by atoms with Crippen molar-refractivity contribution in [3.05, 3.63) is 49.1 Å². The fraction of sp³-hybridized carbons (Fsp3) is 0.750. The second-order valence-electron chi connectivity index (χ2n) is 11.0. The monoisotopic (exact) mass is 446 g/mol. The molecule has 0 heterocycles. The lowest BCUT2D eigenvalue weighted by Crippen LogP contribution is -2.48. The van der Waals surface area contributed by atoms with Crippen molar-refractivity contribution < 1.29 is 0 Å². The molecular formula is C32H62. The van der Waals surface area contributed by atoms with Crippen molar-refractivity contribution >= 4 is 0 Å². The Labute approximate surface area is 205 Å². The molecule has 2 aliphatic carbocycles. The summed E-state index contributed by atoms with van der Waals surface area (Å²) < 4.78 is 0. The van der Waals surface area contributed by atoms with Crippen LogP contribution in [-0.4, -0.2) is 0 Å². The molecule has 1 saturated carbocycles. The summed E-state index contributed by atoms with van der Waals surface area (Å²) in [6.45, 7) is 34.5. The lowest BCUT2D eigenvalue weighted by molar-refractivity contribution is -0.0671. The van der Waals surface area contributed by atoms with Crippen LogP contribution < -0.4 is 0 Å². The first kappa shape index (κ1) is 35.5. The van der Waals surface area contributed by atoms with Gasteiger partial charge in [-0.15, -0.1) is 13.2 Å². The molecule has 2 rings (SSSR count). The van der Waals surface area contributed by atoms with Gasteiger partial charge in [-0.25, -0.2) is 0 Å². The summed E-state index contributed by atoms with van der Waals surface area (Å²) in [7, 11) is 0. The van der Waals surface area contributed by atoms with Crippen LogP contribution in [0.5, 0.6) is 0 Å². The molecule has 0 unspecified atom stereocenters. The van der Waals surface area contributed by atoms with Gasteiger partial charge in [0.2, 0.25) is 0 Å². The molecule has 190 valence electrons. The Kier molecular flexibility index (Phi) is 22.8. The van der Waals surface area contributed by atoms with Crippen molar-refractivity contribution in [2.45, 2.75) is 134 Å². The van der Waals surface area contributed by atoms with Gasteiger partial charge >= 0.3 is 0 Å². The third kappa shape index (κ3) is 17.5. The summed E-state index contributed by atoms with van der Waals surface area (Å²) in [6.07, 6.45) is 18.7. The Morgan fingerprint density at radius 1 is 0.938 bits per heavy atom. The van der Waals surface area contributed by atoms with Crippen LogP contribution in [0, 0.1) is 22.7 Å². The van der Waals surface area contributed by atoms with Gasteiger partial charge in [-0.05, 0) is 48.0 Å². The second kappa shape index (κ2) is 20.6. The molecule has 0 spiro atoms. The molecule has 1 fully saturated rings. The highest BCUT2D eigenvalue weighted by Crippen LogP contribution is 2.58. The van der Waals surface area contributed by atoms with Crippen LogP contribution in [0.4, 0.5) is 0 Å². The van der Waals surface area contributed by atoms with Gasteiger partial charge in [0.05, 0.1) is 0 Å². The van der Waals surface area contributed by atoms with E-state index in [0.29, 0.717) is 10.8 Å². The lowest BCUT2D eigenvalue weighted by atomic mass is 9.49. The molecule has 0 aromatic carbocycles. The van der Waals surface area contributed by atoms with E-state index >= 15 is 0 Å². The average Bonchev–Trinajstić information content (AvgIpc) is 3.19. The first-order valence-electron chi connectivity index (χ1n) is 13.4. The van der Waals surface area contributed by atoms with Gasteiger partial charge in [0.15, 0.2) is 0 Å². The molecule has 0 nitrogen and oxygen atoms in total. The fourth-order valence-corrected chi connectivity index (χ4v) is 4.57. The Balaban J connectivity index is -0.000000368. The van der Waals surface area contributed by atoms with Crippen molar-refractivity contribution in [1.82, 2.24) is 0 Å². The molecule has 0 saturated heterocycles. The quantitative estimate of drug-likeness (QED) is 0.257. The van der Waals surface area contributed by atoms with Crippen LogP contribution >= 0.6 is 0 Å². The molecule has 0 aromatic rings. The third-order valence-electron chi connectivity index (χ3n) is 6.72. The largest absolute Gasteiger partial charge is 0.106 e. The molecule has 0 amide bonds. The molecule has 0 radical (unpaired) electrons. The SMILES string of the molecule is C=C.C=CC1=CC=C(C)C1.CC.CC1C(C)(C)CC1(C)C.CCCCCCCCC(C)C. The lowest BCUT2D eigenvalue weighted by Gasteiger charge is -2.56. The fourth-order valence-electron chi connectivity index (χ4n) is 4.57. The van der Waals surface area contributed by atoms with Gasteiger partial charge in [0, 0.05) is 0 Å². The van der Waals surface area contributed by atoms with Crippen LogP contribution in [0.15, 0.2) is 49.1 Å². The summed E-state index contributed by atoms with van der Waals surface area (Å²) in [5.74, 6) is 1.80. The van der Waals surface area contributed by atoms with Gasteiger partial charge in [0.1, 0.15) is 0 Å². The number of unbranched alkanes of at least 4 members (excludes halogenated alkanes) is 5. The maximum atomic E-state index is 3.68. The first-order chi connectivity index (χ1) is 15.0. The van der Waals surface area contributed by atoms with E-state index in [9.17, 15) is 0 Å². The Morgan fingerprint density at radius 3 is 1.66 bits per heavy atom. The predicted molar refractivity (Wildman–Crippen MR) is 153 cm³/mol. The summed E-state index contributed by atoms with van der Waals surface area (Å²) in [4.78, 5) is 0. The number of rotatable bonds is 8. The standard InChI is InChI=1S/C11H24.C9H18.C8H10.C2H6.C2H4/c1-4-5-6-7-8-9-10-11(2)3;1-7-8(2,3)6-9(7,4)5;1-3-8-5-4-7(2)6-8;2*1-2/h11H,4-10H2,1-3H3;7H,6H2,1-5H3;3-5H,1,6H2,2H3;1-2H3;1-2H2. The van der Waals surface area contributed by atoms with E-state index < -0.39 is 0 Å². The topological polar surface area (TPSA) is 0 Å². The molecular weight excluding hydrogens is 384 g/mol. The summed E-state index contributed by atoms with van der Waals surface area (Å²) in [5, 5.41) is 0. The van der Waals surface area contributed by atoms with E-state index in [1.54, 1.807) is 0 Å². The molecule has 0 N–H and O–H groups in total. The van der Waals surface area contributed by atoms with Gasteiger partial charge in [0.25, 0.3) is 0 Å². The first-order valence-corrected chi connectivity index (χ1v) is 13.4. The normalized spacial score (nSPS) is 17.4. The van der Waals surface area contributed by atoms with E-state index in [1.807, 2.05) is 19.9 Å². The van der Waals surface area contributed by atoms with E-state index in [1.165, 1.54) is 62.5 Å². The maximum absolute atomic E-state index is 3.68. The van der Waals surface area contributed by atoms with E-state index in [-0.39, 0.29) is 0 Å². The minimum absolute atomic E-state index is 0.615. The van der Waals surface area contributed by atoms with Crippen LogP contribution in [0.3, 0.4) is 0 Å². The molecule has 0 atom stereocenters. The zero-order valence-corrected chi connectivity index (χ0v) is 24.4. The summed E-state index contributed by atoms with van der Waals surface area (Å²) in [5.41, 5.74) is 4.00. The van der Waals surface area contributed by atoms with Gasteiger partial charge in [-0.3, -0.25) is 0 Å². The molecule has 2 aliphatic rings. The molecule has 32 heavy (non-hydrogen) atoms. The van der Waals surface area contributed by atoms with Crippen molar-refractivity contribution in [3.63, 3.8) is 0 Å². The Hall–Kier alpha value is -1.04. The molecule has 0 aliphatic heterocycles. The second-order valence-corrected chi connectivity index (χ2v) is 11.0. The highest BCUT2D eigenvalue weighted by atomic mass is 14.5. The summed E-state index contributed by atoms with van der Waals surface area (Å²) in [6, 6.07) is 0. The van der Waals surface area contributed by atoms with Crippen LogP contribution in [0.2, 0.25) is 0 Å². The van der Waals surface area contributed by atoms with Crippen molar-refractivity contribution in [2.24, 2.45) is 22.7 Å². The minimum Gasteiger partial charge on any atom is -0.106 e. The van der Waals surface area contributed by atoms with Crippen LogP contribution in [0.1, 0.15) is 134 Å². The zero-order chi connectivity index (χ0) is 25.8. The Morgan fingerprint density at radius 2 is 1.41 bits per heavy atom. The highest BCUT2D eigenvalue weighted by Gasteiger charge is 2.49. The maximum Gasteiger partial charge on any atom is -0.00670 e. The third-order valence-corrected chi connectivity index (χ3v) is 6.72.